The zero-order chi connectivity index (χ0) is 16.8. The number of carbonyl (C=O) groups is 1. The normalized spacial score (nSPS) is 21.8. The van der Waals surface area contributed by atoms with E-state index in [9.17, 15) is 4.79 Å². The highest BCUT2D eigenvalue weighted by Crippen LogP contribution is 2.36. The molecule has 0 bridgehead atoms. The number of carbonyl (C=O) groups excluding carboxylic acids is 1. The Morgan fingerprint density at radius 3 is 2.40 bits per heavy atom. The van der Waals surface area contributed by atoms with Crippen LogP contribution in [0, 0.1) is 5.92 Å². The van der Waals surface area contributed by atoms with Gasteiger partial charge in [-0.25, -0.2) is 0 Å². The number of rotatable bonds is 5. The van der Waals surface area contributed by atoms with Gasteiger partial charge in [0.15, 0.2) is 0 Å². The van der Waals surface area contributed by atoms with Crippen LogP contribution in [-0.4, -0.2) is 31.7 Å². The van der Waals surface area contributed by atoms with Crippen molar-refractivity contribution >= 4 is 18.3 Å². The fourth-order valence-electron chi connectivity index (χ4n) is 4.34. The van der Waals surface area contributed by atoms with Crippen molar-refractivity contribution in [2.24, 2.45) is 11.7 Å². The van der Waals surface area contributed by atoms with E-state index in [1.54, 1.807) is 0 Å². The molecule has 25 heavy (non-hydrogen) atoms. The first-order valence-corrected chi connectivity index (χ1v) is 9.40. The SMILES string of the molecule is Cl.NCC(NC(=O)C1(c2ccccc2)CCOCC1)C1CCCCC1. The van der Waals surface area contributed by atoms with Crippen molar-refractivity contribution in [3.8, 4) is 0 Å². The van der Waals surface area contributed by atoms with Crippen LogP contribution in [0.25, 0.3) is 0 Å². The molecule has 1 aromatic carbocycles. The van der Waals surface area contributed by atoms with Gasteiger partial charge in [0.2, 0.25) is 5.91 Å². The minimum absolute atomic E-state index is 0. The van der Waals surface area contributed by atoms with Gasteiger partial charge < -0.3 is 15.8 Å². The summed E-state index contributed by atoms with van der Waals surface area (Å²) in [4.78, 5) is 13.3. The van der Waals surface area contributed by atoms with Crippen LogP contribution in [-0.2, 0) is 14.9 Å². The second-order valence-corrected chi connectivity index (χ2v) is 7.27. The molecular weight excluding hydrogens is 336 g/mol. The second-order valence-electron chi connectivity index (χ2n) is 7.27. The minimum Gasteiger partial charge on any atom is -0.381 e. The second kappa shape index (κ2) is 9.56. The minimum atomic E-state index is -0.471. The lowest BCUT2D eigenvalue weighted by molar-refractivity contribution is -0.131. The smallest absolute Gasteiger partial charge is 0.231 e. The first-order valence-electron chi connectivity index (χ1n) is 9.40. The van der Waals surface area contributed by atoms with Crippen molar-refractivity contribution in [3.63, 3.8) is 0 Å². The molecule has 4 nitrogen and oxygen atoms in total. The Morgan fingerprint density at radius 2 is 1.80 bits per heavy atom. The number of hydrogen-bond donors (Lipinski definition) is 2. The molecule has 1 amide bonds. The summed E-state index contributed by atoms with van der Waals surface area (Å²) in [5, 5.41) is 3.33. The van der Waals surface area contributed by atoms with Crippen LogP contribution in [0.4, 0.5) is 0 Å². The molecule has 0 spiro atoms. The van der Waals surface area contributed by atoms with Gasteiger partial charge in [0.25, 0.3) is 0 Å². The maximum absolute atomic E-state index is 13.3. The third kappa shape index (κ3) is 4.55. The fraction of sp³-hybridized carbons (Fsp3) is 0.650. The Kier molecular flexibility index (Phi) is 7.73. The van der Waals surface area contributed by atoms with E-state index in [1.165, 1.54) is 32.1 Å². The molecule has 1 aromatic rings. The van der Waals surface area contributed by atoms with Crippen LogP contribution in [0.5, 0.6) is 0 Å². The van der Waals surface area contributed by atoms with Crippen molar-refractivity contribution < 1.29 is 9.53 Å². The Bertz CT molecular complexity index is 526. The van der Waals surface area contributed by atoms with E-state index < -0.39 is 5.41 Å². The van der Waals surface area contributed by atoms with Gasteiger partial charge in [-0.1, -0.05) is 49.6 Å². The van der Waals surface area contributed by atoms with Crippen LogP contribution in [0.1, 0.15) is 50.5 Å². The number of amides is 1. The molecule has 1 atom stereocenters. The first kappa shape index (κ1) is 20.2. The number of nitrogens with two attached hydrogens (primary N) is 1. The van der Waals surface area contributed by atoms with Gasteiger partial charge in [0.05, 0.1) is 5.41 Å². The van der Waals surface area contributed by atoms with Gasteiger partial charge in [-0.05, 0) is 37.2 Å². The molecular formula is C20H31ClN2O2. The van der Waals surface area contributed by atoms with Crippen LogP contribution in [0.2, 0.25) is 0 Å². The van der Waals surface area contributed by atoms with E-state index in [2.05, 4.69) is 17.4 Å². The van der Waals surface area contributed by atoms with E-state index in [4.69, 9.17) is 10.5 Å². The summed E-state index contributed by atoms with van der Waals surface area (Å²) in [5.74, 6) is 0.665. The van der Waals surface area contributed by atoms with Gasteiger partial charge >= 0.3 is 0 Å². The van der Waals surface area contributed by atoms with Crippen molar-refractivity contribution in [3.05, 3.63) is 35.9 Å². The highest BCUT2D eigenvalue weighted by atomic mass is 35.5. The molecule has 1 heterocycles. The monoisotopic (exact) mass is 366 g/mol. The average Bonchev–Trinajstić information content (AvgIpc) is 2.67. The van der Waals surface area contributed by atoms with Gasteiger partial charge in [-0.15, -0.1) is 12.4 Å². The van der Waals surface area contributed by atoms with E-state index in [0.29, 0.717) is 25.7 Å². The van der Waals surface area contributed by atoms with Gasteiger partial charge in [0, 0.05) is 25.8 Å². The zero-order valence-corrected chi connectivity index (χ0v) is 15.7. The Morgan fingerprint density at radius 1 is 1.16 bits per heavy atom. The Labute approximate surface area is 157 Å². The summed E-state index contributed by atoms with van der Waals surface area (Å²) >= 11 is 0. The van der Waals surface area contributed by atoms with Crippen molar-refractivity contribution in [1.29, 1.82) is 0 Å². The molecule has 1 aliphatic carbocycles. The Balaban J connectivity index is 0.00000225. The molecule has 1 saturated heterocycles. The topological polar surface area (TPSA) is 64.3 Å². The van der Waals surface area contributed by atoms with Gasteiger partial charge in [-0.3, -0.25) is 4.79 Å². The number of benzene rings is 1. The van der Waals surface area contributed by atoms with E-state index in [1.807, 2.05) is 18.2 Å². The summed E-state index contributed by atoms with van der Waals surface area (Å²) in [7, 11) is 0. The molecule has 2 fully saturated rings. The molecule has 0 radical (unpaired) electrons. The quantitative estimate of drug-likeness (QED) is 0.841. The highest BCUT2D eigenvalue weighted by molar-refractivity contribution is 5.88. The summed E-state index contributed by atoms with van der Waals surface area (Å²) in [5.41, 5.74) is 6.66. The lowest BCUT2D eigenvalue weighted by atomic mass is 9.73. The average molecular weight is 367 g/mol. The lowest BCUT2D eigenvalue weighted by Gasteiger charge is -2.39. The molecule has 3 N–H and O–H groups in total. The third-order valence-corrected chi connectivity index (χ3v) is 5.90. The summed E-state index contributed by atoms with van der Waals surface area (Å²) in [6.07, 6.45) is 7.68. The summed E-state index contributed by atoms with van der Waals surface area (Å²) in [6.45, 7) is 1.80. The van der Waals surface area contributed by atoms with Crippen molar-refractivity contribution in [2.75, 3.05) is 19.8 Å². The highest BCUT2D eigenvalue weighted by Gasteiger charge is 2.42. The van der Waals surface area contributed by atoms with E-state index in [-0.39, 0.29) is 24.4 Å². The third-order valence-electron chi connectivity index (χ3n) is 5.90. The Hall–Kier alpha value is -1.10. The van der Waals surface area contributed by atoms with Crippen LogP contribution >= 0.6 is 12.4 Å². The van der Waals surface area contributed by atoms with E-state index in [0.717, 1.165) is 18.4 Å². The predicted molar refractivity (Wildman–Crippen MR) is 103 cm³/mol. The van der Waals surface area contributed by atoms with Crippen LogP contribution in [0.15, 0.2) is 30.3 Å². The predicted octanol–water partition coefficient (Wildman–Crippen LogP) is 3.18. The lowest BCUT2D eigenvalue weighted by Crippen LogP contribution is -2.54. The molecule has 5 heteroatoms. The van der Waals surface area contributed by atoms with Crippen LogP contribution in [0.3, 0.4) is 0 Å². The van der Waals surface area contributed by atoms with Gasteiger partial charge in [-0.2, -0.15) is 0 Å². The van der Waals surface area contributed by atoms with Crippen LogP contribution < -0.4 is 11.1 Å². The molecule has 2 aliphatic rings. The van der Waals surface area contributed by atoms with Crippen molar-refractivity contribution in [2.45, 2.75) is 56.4 Å². The maximum atomic E-state index is 13.3. The summed E-state index contributed by atoms with van der Waals surface area (Å²) < 4.78 is 5.54. The molecule has 3 rings (SSSR count). The first-order chi connectivity index (χ1) is 11.8. The largest absolute Gasteiger partial charge is 0.381 e. The number of ether oxygens (including phenoxy) is 1. The number of halogens is 1. The van der Waals surface area contributed by atoms with Gasteiger partial charge in [0.1, 0.15) is 0 Å². The molecule has 0 aromatic heterocycles. The standard InChI is InChI=1S/C20H30N2O2.ClH/c21-15-18(16-7-3-1-4-8-16)22-19(23)20(11-13-24-14-12-20)17-9-5-2-6-10-17;/h2,5-6,9-10,16,18H,1,3-4,7-8,11-15,21H2,(H,22,23);1H. The fourth-order valence-corrected chi connectivity index (χ4v) is 4.34. The molecule has 1 unspecified atom stereocenters. The molecule has 1 aliphatic heterocycles. The maximum Gasteiger partial charge on any atom is 0.231 e. The molecule has 140 valence electrons. The van der Waals surface area contributed by atoms with E-state index >= 15 is 0 Å². The number of nitrogens with one attached hydrogen (secondary N) is 1. The van der Waals surface area contributed by atoms with Crippen molar-refractivity contribution in [1.82, 2.24) is 5.32 Å². The zero-order valence-electron chi connectivity index (χ0n) is 14.9. The molecule has 1 saturated carbocycles. The number of hydrogen-bond acceptors (Lipinski definition) is 3. The summed E-state index contributed by atoms with van der Waals surface area (Å²) in [6, 6.07) is 10.3.